The van der Waals surface area contributed by atoms with Crippen LogP contribution in [0.5, 0.6) is 5.88 Å². The van der Waals surface area contributed by atoms with Crippen molar-refractivity contribution in [2.24, 2.45) is 11.7 Å². The molecule has 98 valence electrons. The fraction of sp³-hybridized carbons (Fsp3) is 0.643. The van der Waals surface area contributed by atoms with E-state index >= 15 is 0 Å². The predicted molar refractivity (Wildman–Crippen MR) is 70.4 cm³/mol. The fourth-order valence-electron chi connectivity index (χ4n) is 3.10. The number of hydrogen-bond donors (Lipinski definition) is 1. The van der Waals surface area contributed by atoms with Crippen LogP contribution in [0, 0.1) is 5.92 Å². The van der Waals surface area contributed by atoms with Crippen molar-refractivity contribution in [2.75, 3.05) is 20.2 Å². The molecule has 2 N–H and O–H groups in total. The van der Waals surface area contributed by atoms with E-state index in [1.54, 1.807) is 7.11 Å². The summed E-state index contributed by atoms with van der Waals surface area (Å²) in [5.41, 5.74) is 7.22. The number of nitrogens with two attached hydrogens (primary N) is 1. The van der Waals surface area contributed by atoms with E-state index in [1.807, 2.05) is 12.3 Å². The van der Waals surface area contributed by atoms with Crippen LogP contribution in [0.2, 0.25) is 0 Å². The van der Waals surface area contributed by atoms with Crippen molar-refractivity contribution in [3.8, 4) is 5.88 Å². The molecule has 0 bridgehead atoms. The zero-order valence-electron chi connectivity index (χ0n) is 10.9. The minimum atomic E-state index is 0.459. The van der Waals surface area contributed by atoms with Crippen LogP contribution < -0.4 is 10.5 Å². The molecule has 1 saturated carbocycles. The molecule has 1 aliphatic heterocycles. The molecule has 2 atom stereocenters. The molecule has 0 amide bonds. The molecule has 0 spiro atoms. The summed E-state index contributed by atoms with van der Waals surface area (Å²) in [6, 6.07) is 5.33. The number of methoxy groups -OCH3 is 1. The summed E-state index contributed by atoms with van der Waals surface area (Å²) in [5.74, 6) is 1.25. The third kappa shape index (κ3) is 2.10. The summed E-state index contributed by atoms with van der Waals surface area (Å²) < 4.78 is 5.12. The molecule has 2 fully saturated rings. The molecule has 1 aromatic rings. The highest BCUT2D eigenvalue weighted by molar-refractivity contribution is 5.23. The van der Waals surface area contributed by atoms with Gasteiger partial charge in [0.05, 0.1) is 7.11 Å². The number of nitrogens with zero attached hydrogens (tertiary/aromatic N) is 2. The fourth-order valence-corrected chi connectivity index (χ4v) is 3.10. The van der Waals surface area contributed by atoms with E-state index in [0.29, 0.717) is 17.8 Å². The Morgan fingerprint density at radius 1 is 1.39 bits per heavy atom. The smallest absolute Gasteiger partial charge is 0.212 e. The Labute approximate surface area is 108 Å². The molecule has 2 aliphatic rings. The van der Waals surface area contributed by atoms with Gasteiger partial charge < -0.3 is 10.5 Å². The van der Waals surface area contributed by atoms with Gasteiger partial charge in [0.2, 0.25) is 5.88 Å². The zero-order valence-corrected chi connectivity index (χ0v) is 10.9. The Morgan fingerprint density at radius 3 is 2.78 bits per heavy atom. The normalized spacial score (nSPS) is 28.6. The van der Waals surface area contributed by atoms with Crippen LogP contribution in [0.15, 0.2) is 18.3 Å². The van der Waals surface area contributed by atoms with E-state index in [-0.39, 0.29) is 0 Å². The molecule has 2 unspecified atom stereocenters. The summed E-state index contributed by atoms with van der Waals surface area (Å²) in [7, 11) is 1.65. The van der Waals surface area contributed by atoms with Crippen molar-refractivity contribution < 1.29 is 4.74 Å². The first kappa shape index (κ1) is 11.9. The van der Waals surface area contributed by atoms with Gasteiger partial charge in [0, 0.05) is 24.3 Å². The SMILES string of the molecule is COc1ccc(C2C(CN)CCN2C2CC2)cn1. The molecule has 1 saturated heterocycles. The van der Waals surface area contributed by atoms with Gasteiger partial charge in [-0.2, -0.15) is 0 Å². The minimum Gasteiger partial charge on any atom is -0.481 e. The Bertz CT molecular complexity index is 402. The Balaban J connectivity index is 1.84. The van der Waals surface area contributed by atoms with Gasteiger partial charge in [-0.15, -0.1) is 0 Å². The summed E-state index contributed by atoms with van der Waals surface area (Å²) in [6.07, 6.45) is 5.85. The largest absolute Gasteiger partial charge is 0.481 e. The molecule has 2 heterocycles. The van der Waals surface area contributed by atoms with Crippen LogP contribution in [0.4, 0.5) is 0 Å². The number of aromatic nitrogens is 1. The Morgan fingerprint density at radius 2 is 2.22 bits per heavy atom. The van der Waals surface area contributed by atoms with Gasteiger partial charge >= 0.3 is 0 Å². The second-order valence-corrected chi connectivity index (χ2v) is 5.33. The average molecular weight is 247 g/mol. The lowest BCUT2D eigenvalue weighted by molar-refractivity contribution is 0.220. The lowest BCUT2D eigenvalue weighted by Gasteiger charge is -2.28. The Hall–Kier alpha value is -1.13. The van der Waals surface area contributed by atoms with E-state index in [4.69, 9.17) is 10.5 Å². The molecule has 3 rings (SSSR count). The Kier molecular flexibility index (Phi) is 3.22. The van der Waals surface area contributed by atoms with E-state index in [2.05, 4.69) is 16.0 Å². The third-order valence-corrected chi connectivity index (χ3v) is 4.19. The van der Waals surface area contributed by atoms with Crippen LogP contribution in [-0.2, 0) is 0 Å². The first-order valence-corrected chi connectivity index (χ1v) is 6.79. The molecule has 1 aromatic heterocycles. The zero-order chi connectivity index (χ0) is 12.5. The van der Waals surface area contributed by atoms with Crippen molar-refractivity contribution in [1.29, 1.82) is 0 Å². The van der Waals surface area contributed by atoms with Crippen molar-refractivity contribution in [2.45, 2.75) is 31.3 Å². The van der Waals surface area contributed by atoms with Gasteiger partial charge in [-0.3, -0.25) is 4.90 Å². The van der Waals surface area contributed by atoms with Crippen LogP contribution in [0.1, 0.15) is 30.9 Å². The lowest BCUT2D eigenvalue weighted by atomic mass is 9.95. The van der Waals surface area contributed by atoms with Crippen LogP contribution in [0.3, 0.4) is 0 Å². The van der Waals surface area contributed by atoms with Gasteiger partial charge in [0.25, 0.3) is 0 Å². The van der Waals surface area contributed by atoms with E-state index < -0.39 is 0 Å². The maximum atomic E-state index is 5.93. The molecule has 4 heteroatoms. The molecule has 0 aromatic carbocycles. The van der Waals surface area contributed by atoms with Crippen LogP contribution in [0.25, 0.3) is 0 Å². The molecule has 4 nitrogen and oxygen atoms in total. The van der Waals surface area contributed by atoms with Gasteiger partial charge in [-0.05, 0) is 43.8 Å². The topological polar surface area (TPSA) is 51.4 Å². The minimum absolute atomic E-state index is 0.459. The first-order valence-electron chi connectivity index (χ1n) is 6.79. The maximum absolute atomic E-state index is 5.93. The highest BCUT2D eigenvalue weighted by atomic mass is 16.5. The summed E-state index contributed by atoms with van der Waals surface area (Å²) >= 11 is 0. The third-order valence-electron chi connectivity index (χ3n) is 4.19. The predicted octanol–water partition coefficient (Wildman–Crippen LogP) is 1.57. The lowest BCUT2D eigenvalue weighted by Crippen LogP contribution is -2.30. The van der Waals surface area contributed by atoms with E-state index in [1.165, 1.54) is 31.4 Å². The number of pyridine rings is 1. The van der Waals surface area contributed by atoms with Gasteiger partial charge in [-0.1, -0.05) is 6.07 Å². The van der Waals surface area contributed by atoms with Crippen molar-refractivity contribution in [1.82, 2.24) is 9.88 Å². The number of likely N-dealkylation sites (tertiary alicyclic amines) is 1. The number of hydrogen-bond acceptors (Lipinski definition) is 4. The van der Waals surface area contributed by atoms with Crippen molar-refractivity contribution >= 4 is 0 Å². The standard InChI is InChI=1S/C14H21N3O/c1-18-13-5-2-11(9-16-13)14-10(8-15)6-7-17(14)12-3-4-12/h2,5,9-10,12,14H,3-4,6-8,15H2,1H3. The maximum Gasteiger partial charge on any atom is 0.212 e. The second kappa shape index (κ2) is 4.86. The molecule has 0 radical (unpaired) electrons. The first-order chi connectivity index (χ1) is 8.83. The van der Waals surface area contributed by atoms with Crippen LogP contribution in [-0.4, -0.2) is 36.1 Å². The molecular weight excluding hydrogens is 226 g/mol. The van der Waals surface area contributed by atoms with Crippen molar-refractivity contribution in [3.05, 3.63) is 23.9 Å². The average Bonchev–Trinajstić information content (AvgIpc) is 3.18. The van der Waals surface area contributed by atoms with Gasteiger partial charge in [-0.25, -0.2) is 4.98 Å². The van der Waals surface area contributed by atoms with Gasteiger partial charge in [0.1, 0.15) is 0 Å². The second-order valence-electron chi connectivity index (χ2n) is 5.33. The quantitative estimate of drug-likeness (QED) is 0.877. The molecular formula is C14H21N3O. The van der Waals surface area contributed by atoms with E-state index in [0.717, 1.165) is 12.6 Å². The molecule has 1 aliphatic carbocycles. The summed E-state index contributed by atoms with van der Waals surface area (Å²) in [6.45, 7) is 1.95. The number of rotatable bonds is 4. The number of ether oxygens (including phenoxy) is 1. The summed E-state index contributed by atoms with van der Waals surface area (Å²) in [5, 5.41) is 0. The van der Waals surface area contributed by atoms with Crippen molar-refractivity contribution in [3.63, 3.8) is 0 Å². The highest BCUT2D eigenvalue weighted by Crippen LogP contribution is 2.43. The summed E-state index contributed by atoms with van der Waals surface area (Å²) in [4.78, 5) is 6.96. The van der Waals surface area contributed by atoms with E-state index in [9.17, 15) is 0 Å². The molecule has 18 heavy (non-hydrogen) atoms. The van der Waals surface area contributed by atoms with Crippen LogP contribution >= 0.6 is 0 Å². The van der Waals surface area contributed by atoms with Gasteiger partial charge in [0.15, 0.2) is 0 Å². The highest BCUT2D eigenvalue weighted by Gasteiger charge is 2.42. The monoisotopic (exact) mass is 247 g/mol.